The first-order valence-corrected chi connectivity index (χ1v) is 10.3. The van der Waals surface area contributed by atoms with Crippen molar-refractivity contribution in [1.82, 2.24) is 4.90 Å². The summed E-state index contributed by atoms with van der Waals surface area (Å²) in [6.07, 6.45) is 1.79. The Hall–Kier alpha value is -2.97. The zero-order chi connectivity index (χ0) is 21.1. The van der Waals surface area contributed by atoms with Crippen LogP contribution in [0, 0.1) is 10.1 Å². The first kappa shape index (κ1) is 20.3. The minimum Gasteiger partial charge on any atom is -0.395 e. The van der Waals surface area contributed by atoms with Crippen LogP contribution in [-0.4, -0.2) is 66.7 Å². The number of fused-ring (bicyclic) bond motifs is 1. The van der Waals surface area contributed by atoms with Crippen LogP contribution in [0.15, 0.2) is 42.5 Å². The van der Waals surface area contributed by atoms with Gasteiger partial charge in [0, 0.05) is 57.1 Å². The van der Waals surface area contributed by atoms with Crippen molar-refractivity contribution in [3.8, 4) is 0 Å². The average Bonchev–Trinajstić information content (AvgIpc) is 2.78. The summed E-state index contributed by atoms with van der Waals surface area (Å²) in [5, 5.41) is 20.5. The largest absolute Gasteiger partial charge is 0.395 e. The zero-order valence-corrected chi connectivity index (χ0v) is 16.9. The minimum atomic E-state index is -0.454. The standard InChI is InChI=1S/C22H26N4O4/c27-15-14-23-10-12-24(13-11-23)21-8-7-18(26(29)30)16-19(21)22(28)25-9-3-5-17-4-1-2-6-20(17)25/h1-2,4,6-8,16,27H,3,5,9-15H2. The van der Waals surface area contributed by atoms with E-state index in [-0.39, 0.29) is 18.2 Å². The third kappa shape index (κ3) is 4.01. The number of nitro groups is 1. The molecule has 4 rings (SSSR count). The van der Waals surface area contributed by atoms with Crippen LogP contribution in [0.4, 0.5) is 17.1 Å². The maximum atomic E-state index is 13.6. The first-order chi connectivity index (χ1) is 14.6. The van der Waals surface area contributed by atoms with E-state index in [9.17, 15) is 14.9 Å². The molecule has 2 aromatic rings. The van der Waals surface area contributed by atoms with Gasteiger partial charge in [-0.2, -0.15) is 0 Å². The molecule has 0 bridgehead atoms. The Balaban J connectivity index is 1.67. The second kappa shape index (κ2) is 8.81. The smallest absolute Gasteiger partial charge is 0.270 e. The lowest BCUT2D eigenvalue weighted by molar-refractivity contribution is -0.384. The summed E-state index contributed by atoms with van der Waals surface area (Å²) in [5.41, 5.74) is 3.04. The molecule has 1 N–H and O–H groups in total. The predicted molar refractivity (Wildman–Crippen MR) is 115 cm³/mol. The third-order valence-corrected chi connectivity index (χ3v) is 5.91. The minimum absolute atomic E-state index is 0.0775. The lowest BCUT2D eigenvalue weighted by Gasteiger charge is -2.37. The van der Waals surface area contributed by atoms with Crippen LogP contribution in [0.5, 0.6) is 0 Å². The number of nitro benzene ring substituents is 1. The van der Waals surface area contributed by atoms with E-state index in [0.717, 1.165) is 42.9 Å². The molecule has 158 valence electrons. The highest BCUT2D eigenvalue weighted by Crippen LogP contribution is 2.32. The van der Waals surface area contributed by atoms with Gasteiger partial charge in [-0.1, -0.05) is 18.2 Å². The summed E-state index contributed by atoms with van der Waals surface area (Å²) in [6.45, 7) is 4.31. The maximum Gasteiger partial charge on any atom is 0.270 e. The van der Waals surface area contributed by atoms with Gasteiger partial charge in [0.2, 0.25) is 0 Å². The number of hydrogen-bond acceptors (Lipinski definition) is 6. The van der Waals surface area contributed by atoms with Gasteiger partial charge >= 0.3 is 0 Å². The van der Waals surface area contributed by atoms with E-state index >= 15 is 0 Å². The van der Waals surface area contributed by atoms with Gasteiger partial charge in [0.15, 0.2) is 0 Å². The number of aliphatic hydroxyl groups excluding tert-OH is 1. The van der Waals surface area contributed by atoms with Crippen molar-refractivity contribution in [3.05, 3.63) is 63.7 Å². The number of aliphatic hydroxyl groups is 1. The van der Waals surface area contributed by atoms with Crippen LogP contribution in [0.3, 0.4) is 0 Å². The Morgan fingerprint density at radius 1 is 1.03 bits per heavy atom. The van der Waals surface area contributed by atoms with Crippen molar-refractivity contribution >= 4 is 23.0 Å². The van der Waals surface area contributed by atoms with Crippen molar-refractivity contribution in [2.24, 2.45) is 0 Å². The second-order valence-electron chi connectivity index (χ2n) is 7.70. The van der Waals surface area contributed by atoms with E-state index in [1.807, 2.05) is 24.3 Å². The molecule has 0 aromatic heterocycles. The van der Waals surface area contributed by atoms with Crippen LogP contribution in [-0.2, 0) is 6.42 Å². The molecule has 30 heavy (non-hydrogen) atoms. The molecule has 2 aliphatic heterocycles. The fourth-order valence-corrected chi connectivity index (χ4v) is 4.33. The lowest BCUT2D eigenvalue weighted by atomic mass is 10.00. The number of benzene rings is 2. The summed E-state index contributed by atoms with van der Waals surface area (Å²) in [5.74, 6) is -0.196. The Morgan fingerprint density at radius 2 is 1.80 bits per heavy atom. The quantitative estimate of drug-likeness (QED) is 0.601. The molecule has 1 amide bonds. The van der Waals surface area contributed by atoms with Gasteiger partial charge < -0.3 is 14.9 Å². The molecule has 0 saturated carbocycles. The number of carbonyl (C=O) groups is 1. The van der Waals surface area contributed by atoms with Crippen LogP contribution >= 0.6 is 0 Å². The van der Waals surface area contributed by atoms with Crippen LogP contribution in [0.1, 0.15) is 22.3 Å². The van der Waals surface area contributed by atoms with Gasteiger partial charge in [-0.05, 0) is 30.5 Å². The Bertz CT molecular complexity index is 940. The Kier molecular flexibility index (Phi) is 5.96. The van der Waals surface area contributed by atoms with E-state index in [0.29, 0.717) is 31.7 Å². The van der Waals surface area contributed by atoms with Crippen molar-refractivity contribution in [2.75, 3.05) is 55.7 Å². The topological polar surface area (TPSA) is 90.2 Å². The molecule has 0 aliphatic carbocycles. The van der Waals surface area contributed by atoms with Gasteiger partial charge in [0.1, 0.15) is 0 Å². The highest BCUT2D eigenvalue weighted by atomic mass is 16.6. The van der Waals surface area contributed by atoms with E-state index in [1.54, 1.807) is 11.0 Å². The molecule has 2 heterocycles. The first-order valence-electron chi connectivity index (χ1n) is 10.3. The van der Waals surface area contributed by atoms with Crippen molar-refractivity contribution in [1.29, 1.82) is 0 Å². The molecule has 0 radical (unpaired) electrons. The van der Waals surface area contributed by atoms with E-state index < -0.39 is 4.92 Å². The number of amides is 1. The molecule has 8 heteroatoms. The number of rotatable bonds is 5. The molecule has 1 saturated heterocycles. The fourth-order valence-electron chi connectivity index (χ4n) is 4.33. The van der Waals surface area contributed by atoms with E-state index in [4.69, 9.17) is 5.11 Å². The monoisotopic (exact) mass is 410 g/mol. The van der Waals surface area contributed by atoms with Gasteiger partial charge in [-0.25, -0.2) is 0 Å². The summed E-state index contributed by atoms with van der Waals surface area (Å²) < 4.78 is 0. The Labute approximate surface area is 175 Å². The third-order valence-electron chi connectivity index (χ3n) is 5.91. The molecule has 2 aromatic carbocycles. The summed E-state index contributed by atoms with van der Waals surface area (Å²) in [7, 11) is 0. The number of aryl methyl sites for hydroxylation is 1. The summed E-state index contributed by atoms with van der Waals surface area (Å²) in [6, 6.07) is 12.4. The Morgan fingerprint density at radius 3 is 2.53 bits per heavy atom. The van der Waals surface area contributed by atoms with Gasteiger partial charge in [-0.3, -0.25) is 19.8 Å². The van der Waals surface area contributed by atoms with Crippen molar-refractivity contribution in [3.63, 3.8) is 0 Å². The van der Waals surface area contributed by atoms with E-state index in [2.05, 4.69) is 9.80 Å². The molecule has 2 aliphatic rings. The molecular weight excluding hydrogens is 384 g/mol. The predicted octanol–water partition coefficient (Wildman–Crippen LogP) is 2.30. The number of carbonyl (C=O) groups excluding carboxylic acids is 1. The van der Waals surface area contributed by atoms with Crippen LogP contribution in [0.2, 0.25) is 0 Å². The van der Waals surface area contributed by atoms with Crippen LogP contribution in [0.25, 0.3) is 0 Å². The SMILES string of the molecule is O=C(c1cc([N+](=O)[O-])ccc1N1CCN(CCO)CC1)N1CCCc2ccccc21. The fraction of sp³-hybridized carbons (Fsp3) is 0.409. The normalized spacial score (nSPS) is 17.0. The number of β-amino-alcohol motifs (C(OH)–C–C–N with tert-alkyl or cyclic N) is 1. The molecular formula is C22H26N4O4. The lowest BCUT2D eigenvalue weighted by Crippen LogP contribution is -2.48. The number of non-ortho nitro benzene ring substituents is 1. The van der Waals surface area contributed by atoms with Crippen molar-refractivity contribution < 1.29 is 14.8 Å². The zero-order valence-electron chi connectivity index (χ0n) is 16.9. The number of anilines is 2. The van der Waals surface area contributed by atoms with Gasteiger partial charge in [-0.15, -0.1) is 0 Å². The highest BCUT2D eigenvalue weighted by Gasteiger charge is 2.29. The highest BCUT2D eigenvalue weighted by molar-refractivity contribution is 6.10. The van der Waals surface area contributed by atoms with E-state index in [1.165, 1.54) is 12.1 Å². The summed E-state index contributed by atoms with van der Waals surface area (Å²) in [4.78, 5) is 30.6. The number of hydrogen-bond donors (Lipinski definition) is 1. The molecule has 8 nitrogen and oxygen atoms in total. The molecule has 0 atom stereocenters. The van der Waals surface area contributed by atoms with Crippen LogP contribution < -0.4 is 9.80 Å². The number of piperazine rings is 1. The molecule has 1 fully saturated rings. The number of para-hydroxylation sites is 1. The molecule has 0 unspecified atom stereocenters. The number of nitrogens with zero attached hydrogens (tertiary/aromatic N) is 4. The van der Waals surface area contributed by atoms with Crippen molar-refractivity contribution in [2.45, 2.75) is 12.8 Å². The molecule has 0 spiro atoms. The summed E-state index contributed by atoms with van der Waals surface area (Å²) >= 11 is 0. The van der Waals surface area contributed by atoms with Gasteiger partial charge in [0.25, 0.3) is 11.6 Å². The van der Waals surface area contributed by atoms with Gasteiger partial charge in [0.05, 0.1) is 22.8 Å². The average molecular weight is 410 g/mol. The maximum absolute atomic E-state index is 13.6. The second-order valence-corrected chi connectivity index (χ2v) is 7.70.